The fourth-order valence-corrected chi connectivity index (χ4v) is 3.75. The number of hydrogen-bond acceptors (Lipinski definition) is 4. The lowest BCUT2D eigenvalue weighted by atomic mass is 9.86. The van der Waals surface area contributed by atoms with Crippen molar-refractivity contribution in [3.05, 3.63) is 35.9 Å². The van der Waals surface area contributed by atoms with E-state index in [0.29, 0.717) is 18.7 Å². The van der Waals surface area contributed by atoms with Gasteiger partial charge in [-0.3, -0.25) is 0 Å². The quantitative estimate of drug-likeness (QED) is 0.798. The molecule has 21 heavy (non-hydrogen) atoms. The van der Waals surface area contributed by atoms with Gasteiger partial charge in [0.25, 0.3) is 0 Å². The Morgan fingerprint density at radius 1 is 1.24 bits per heavy atom. The van der Waals surface area contributed by atoms with Gasteiger partial charge in [-0.05, 0) is 25.5 Å². The highest BCUT2D eigenvalue weighted by molar-refractivity contribution is 5.80. The van der Waals surface area contributed by atoms with E-state index in [9.17, 15) is 4.79 Å². The van der Waals surface area contributed by atoms with Crippen molar-refractivity contribution >= 4 is 5.97 Å². The van der Waals surface area contributed by atoms with Crippen LogP contribution in [0.1, 0.15) is 31.2 Å². The Labute approximate surface area is 126 Å². The lowest BCUT2D eigenvalue weighted by Crippen LogP contribution is -2.55. The maximum Gasteiger partial charge on any atom is 0.338 e. The molecule has 2 atom stereocenters. The van der Waals surface area contributed by atoms with Crippen LogP contribution >= 0.6 is 0 Å². The zero-order chi connectivity index (χ0) is 14.9. The highest BCUT2D eigenvalue weighted by Gasteiger charge is 2.52. The summed E-state index contributed by atoms with van der Waals surface area (Å²) in [5.74, 6) is -0.219. The van der Waals surface area contributed by atoms with Crippen LogP contribution in [0.3, 0.4) is 0 Å². The highest BCUT2D eigenvalue weighted by atomic mass is 16.6. The summed E-state index contributed by atoms with van der Waals surface area (Å²) in [4.78, 5) is 14.8. The highest BCUT2D eigenvalue weighted by Crippen LogP contribution is 2.42. The van der Waals surface area contributed by atoms with Crippen LogP contribution in [0.5, 0.6) is 0 Å². The number of ether oxygens (including phenoxy) is 2. The lowest BCUT2D eigenvalue weighted by molar-refractivity contribution is -0.182. The zero-order valence-corrected chi connectivity index (χ0v) is 12.7. The van der Waals surface area contributed by atoms with Crippen molar-refractivity contribution in [3.8, 4) is 0 Å². The van der Waals surface area contributed by atoms with Gasteiger partial charge in [-0.2, -0.15) is 0 Å². The Kier molecular flexibility index (Phi) is 4.00. The third-order valence-corrected chi connectivity index (χ3v) is 5.03. The average Bonchev–Trinajstić information content (AvgIpc) is 2.76. The first kappa shape index (κ1) is 14.5. The fourth-order valence-electron chi connectivity index (χ4n) is 3.75. The summed E-state index contributed by atoms with van der Waals surface area (Å²) >= 11 is 0. The summed E-state index contributed by atoms with van der Waals surface area (Å²) in [6.07, 6.45) is 3.77. The summed E-state index contributed by atoms with van der Waals surface area (Å²) in [6, 6.07) is 10.9. The number of rotatable bonds is 4. The Balaban J connectivity index is 1.77. The molecule has 4 heteroatoms. The Morgan fingerprint density at radius 2 is 1.86 bits per heavy atom. The molecule has 0 N–H and O–H groups in total. The van der Waals surface area contributed by atoms with Gasteiger partial charge in [-0.1, -0.05) is 30.3 Å². The van der Waals surface area contributed by atoms with Gasteiger partial charge in [0.05, 0.1) is 13.7 Å². The van der Waals surface area contributed by atoms with Crippen LogP contribution in [-0.4, -0.2) is 42.7 Å². The first-order valence-electron chi connectivity index (χ1n) is 7.63. The predicted octanol–water partition coefficient (Wildman–Crippen LogP) is 2.37. The number of hydrogen-bond donors (Lipinski definition) is 0. The van der Waals surface area contributed by atoms with Crippen molar-refractivity contribution in [2.75, 3.05) is 14.2 Å². The molecule has 2 aliphatic heterocycles. The summed E-state index contributed by atoms with van der Waals surface area (Å²) in [5, 5.41) is 0. The molecule has 2 aliphatic rings. The van der Waals surface area contributed by atoms with Gasteiger partial charge in [0, 0.05) is 24.9 Å². The minimum absolute atomic E-state index is 0.219. The largest absolute Gasteiger partial charge is 0.467 e. The molecule has 2 saturated heterocycles. The predicted molar refractivity (Wildman–Crippen MR) is 79.8 cm³/mol. The van der Waals surface area contributed by atoms with E-state index in [2.05, 4.69) is 11.9 Å². The average molecular weight is 289 g/mol. The van der Waals surface area contributed by atoms with E-state index < -0.39 is 5.60 Å². The Morgan fingerprint density at radius 3 is 2.43 bits per heavy atom. The van der Waals surface area contributed by atoms with Crippen LogP contribution in [0.25, 0.3) is 0 Å². The molecule has 3 rings (SSSR count). The minimum Gasteiger partial charge on any atom is -0.467 e. The van der Waals surface area contributed by atoms with Crippen LogP contribution in [0.4, 0.5) is 0 Å². The molecular formula is C17H23NO3. The van der Waals surface area contributed by atoms with Crippen molar-refractivity contribution < 1.29 is 14.3 Å². The van der Waals surface area contributed by atoms with Crippen LogP contribution in [0, 0.1) is 0 Å². The third-order valence-electron chi connectivity index (χ3n) is 5.03. The van der Waals surface area contributed by atoms with Gasteiger partial charge in [0.15, 0.2) is 5.60 Å². The molecule has 0 radical (unpaired) electrons. The molecule has 114 valence electrons. The molecule has 2 heterocycles. The molecular weight excluding hydrogens is 266 g/mol. The molecule has 2 fully saturated rings. The van der Waals surface area contributed by atoms with E-state index >= 15 is 0 Å². The monoisotopic (exact) mass is 289 g/mol. The van der Waals surface area contributed by atoms with Gasteiger partial charge in [-0.15, -0.1) is 0 Å². The second-order valence-corrected chi connectivity index (χ2v) is 6.22. The van der Waals surface area contributed by atoms with Crippen molar-refractivity contribution in [1.29, 1.82) is 0 Å². The van der Waals surface area contributed by atoms with E-state index in [-0.39, 0.29) is 5.97 Å². The maximum atomic E-state index is 12.4. The smallest absolute Gasteiger partial charge is 0.338 e. The van der Waals surface area contributed by atoms with Crippen LogP contribution in [0.15, 0.2) is 30.3 Å². The third kappa shape index (κ3) is 2.70. The van der Waals surface area contributed by atoms with Crippen molar-refractivity contribution in [2.24, 2.45) is 0 Å². The molecule has 0 spiro atoms. The minimum atomic E-state index is -0.775. The standard InChI is InChI=1S/C17H23NO3/c1-18-14-8-9-15(18)11-17(10-14,16(19)20-2)21-12-13-6-4-3-5-7-13/h3-7,14-15H,8-12H2,1-2H3. The van der Waals surface area contributed by atoms with Crippen LogP contribution < -0.4 is 0 Å². The number of carbonyl (C=O) groups excluding carboxylic acids is 1. The summed E-state index contributed by atoms with van der Waals surface area (Å²) in [5.41, 5.74) is 0.315. The lowest BCUT2D eigenvalue weighted by Gasteiger charge is -2.43. The van der Waals surface area contributed by atoms with Gasteiger partial charge >= 0.3 is 5.97 Å². The second kappa shape index (κ2) is 5.78. The number of nitrogens with zero attached hydrogens (tertiary/aromatic N) is 1. The summed E-state index contributed by atoms with van der Waals surface area (Å²) in [6.45, 7) is 0.457. The Bertz CT molecular complexity index is 488. The molecule has 0 amide bonds. The fraction of sp³-hybridized carbons (Fsp3) is 0.588. The van der Waals surface area contributed by atoms with Crippen LogP contribution in [-0.2, 0) is 20.9 Å². The van der Waals surface area contributed by atoms with Gasteiger partial charge < -0.3 is 14.4 Å². The summed E-state index contributed by atoms with van der Waals surface area (Å²) in [7, 11) is 3.61. The van der Waals surface area contributed by atoms with Crippen molar-refractivity contribution in [3.63, 3.8) is 0 Å². The number of carbonyl (C=O) groups is 1. The molecule has 2 bridgehead atoms. The first-order valence-corrected chi connectivity index (χ1v) is 7.63. The number of methoxy groups -OCH3 is 1. The van der Waals surface area contributed by atoms with E-state index in [1.54, 1.807) is 0 Å². The van der Waals surface area contributed by atoms with E-state index in [1.165, 1.54) is 7.11 Å². The zero-order valence-electron chi connectivity index (χ0n) is 12.7. The van der Waals surface area contributed by atoms with Gasteiger partial charge in [0.2, 0.25) is 0 Å². The molecule has 0 aromatic heterocycles. The van der Waals surface area contributed by atoms with E-state index in [4.69, 9.17) is 9.47 Å². The molecule has 4 nitrogen and oxygen atoms in total. The van der Waals surface area contributed by atoms with E-state index in [1.807, 2.05) is 30.3 Å². The molecule has 0 saturated carbocycles. The molecule has 1 aromatic carbocycles. The normalized spacial score (nSPS) is 32.1. The van der Waals surface area contributed by atoms with Crippen LogP contribution in [0.2, 0.25) is 0 Å². The number of benzene rings is 1. The van der Waals surface area contributed by atoms with Gasteiger partial charge in [-0.25, -0.2) is 4.79 Å². The topological polar surface area (TPSA) is 38.8 Å². The molecule has 0 aliphatic carbocycles. The first-order chi connectivity index (χ1) is 10.1. The van der Waals surface area contributed by atoms with Crippen molar-refractivity contribution in [2.45, 2.75) is 50.0 Å². The molecule has 2 unspecified atom stereocenters. The van der Waals surface area contributed by atoms with Crippen molar-refractivity contribution in [1.82, 2.24) is 4.90 Å². The maximum absolute atomic E-state index is 12.4. The van der Waals surface area contributed by atoms with Gasteiger partial charge in [0.1, 0.15) is 0 Å². The molecule has 1 aromatic rings. The summed E-state index contributed by atoms with van der Waals surface area (Å²) < 4.78 is 11.2. The second-order valence-electron chi connectivity index (χ2n) is 6.22. The van der Waals surface area contributed by atoms with E-state index in [0.717, 1.165) is 31.2 Å². The Hall–Kier alpha value is -1.39. The number of fused-ring (bicyclic) bond motifs is 2. The number of esters is 1. The number of piperidine rings is 1. The SMILES string of the molecule is COC(=O)C1(OCc2ccccc2)CC2CCC(C1)N2C.